The molecule has 0 saturated carbocycles. The highest BCUT2D eigenvalue weighted by Crippen LogP contribution is 2.31. The molecule has 1 unspecified atom stereocenters. The second kappa shape index (κ2) is 5.29. The minimum absolute atomic E-state index is 0.00995. The van der Waals surface area contributed by atoms with E-state index in [0.29, 0.717) is 6.42 Å². The molecule has 0 aromatic heterocycles. The Bertz CT molecular complexity index is 443. The van der Waals surface area contributed by atoms with Crippen LogP contribution in [0.5, 0.6) is 5.75 Å². The van der Waals surface area contributed by atoms with Crippen LogP contribution in [-0.2, 0) is 0 Å². The smallest absolute Gasteiger partial charge is 0.342 e. The van der Waals surface area contributed by atoms with Gasteiger partial charge in [-0.15, -0.1) is 0 Å². The van der Waals surface area contributed by atoms with Gasteiger partial charge in [-0.25, -0.2) is 4.79 Å². The van der Waals surface area contributed by atoms with Gasteiger partial charge >= 0.3 is 11.7 Å². The molecule has 0 fully saturated rings. The van der Waals surface area contributed by atoms with Crippen molar-refractivity contribution in [2.24, 2.45) is 0 Å². The monoisotopic (exact) mass is 239 g/mol. The van der Waals surface area contributed by atoms with Crippen LogP contribution in [0.15, 0.2) is 18.2 Å². The number of carboxylic acid groups (broad SMARTS) is 1. The first-order valence-corrected chi connectivity index (χ1v) is 5.14. The molecule has 1 aromatic rings. The van der Waals surface area contributed by atoms with Crippen molar-refractivity contribution < 1.29 is 19.6 Å². The van der Waals surface area contributed by atoms with E-state index in [0.717, 1.165) is 0 Å². The van der Waals surface area contributed by atoms with Gasteiger partial charge in [0.2, 0.25) is 0 Å². The van der Waals surface area contributed by atoms with Crippen LogP contribution in [0.3, 0.4) is 0 Å². The molecule has 0 bridgehead atoms. The van der Waals surface area contributed by atoms with E-state index in [2.05, 4.69) is 0 Å². The highest BCUT2D eigenvalue weighted by molar-refractivity contribution is 5.93. The van der Waals surface area contributed by atoms with E-state index in [9.17, 15) is 14.9 Å². The summed E-state index contributed by atoms with van der Waals surface area (Å²) in [6.45, 7) is 3.63. The first-order valence-electron chi connectivity index (χ1n) is 5.14. The summed E-state index contributed by atoms with van der Waals surface area (Å²) in [5, 5.41) is 19.7. The van der Waals surface area contributed by atoms with Gasteiger partial charge in [-0.3, -0.25) is 10.1 Å². The SMILES string of the molecule is CCC(C)Oc1cccc(C(=O)O)c1[N+](=O)[O-]. The number of aromatic carboxylic acids is 1. The third-order valence-corrected chi connectivity index (χ3v) is 2.32. The normalized spacial score (nSPS) is 11.9. The number of hydrogen-bond donors (Lipinski definition) is 1. The minimum atomic E-state index is -1.34. The van der Waals surface area contributed by atoms with Gasteiger partial charge < -0.3 is 9.84 Å². The average Bonchev–Trinajstić information content (AvgIpc) is 2.28. The summed E-state index contributed by atoms with van der Waals surface area (Å²) in [7, 11) is 0. The molecule has 6 heteroatoms. The lowest BCUT2D eigenvalue weighted by Crippen LogP contribution is -2.12. The van der Waals surface area contributed by atoms with Crippen molar-refractivity contribution in [1.29, 1.82) is 0 Å². The lowest BCUT2D eigenvalue weighted by molar-refractivity contribution is -0.386. The van der Waals surface area contributed by atoms with Gasteiger partial charge in [0.25, 0.3) is 0 Å². The number of nitrogens with zero attached hydrogens (tertiary/aromatic N) is 1. The number of nitro groups is 1. The van der Waals surface area contributed by atoms with Gasteiger partial charge in [0, 0.05) is 0 Å². The highest BCUT2D eigenvalue weighted by atomic mass is 16.6. The van der Waals surface area contributed by atoms with E-state index in [1.807, 2.05) is 6.92 Å². The molecule has 0 spiro atoms. The second-order valence-corrected chi connectivity index (χ2v) is 3.55. The zero-order valence-corrected chi connectivity index (χ0v) is 9.54. The van der Waals surface area contributed by atoms with E-state index in [-0.39, 0.29) is 17.4 Å². The molecular weight excluding hydrogens is 226 g/mol. The van der Waals surface area contributed by atoms with Gasteiger partial charge in [0.05, 0.1) is 11.0 Å². The summed E-state index contributed by atoms with van der Waals surface area (Å²) >= 11 is 0. The van der Waals surface area contributed by atoms with Crippen molar-refractivity contribution >= 4 is 11.7 Å². The van der Waals surface area contributed by atoms with Crippen molar-refractivity contribution in [3.63, 3.8) is 0 Å². The summed E-state index contributed by atoms with van der Waals surface area (Å²) in [6.07, 6.45) is 0.465. The molecule has 0 aliphatic rings. The van der Waals surface area contributed by atoms with E-state index in [4.69, 9.17) is 9.84 Å². The Morgan fingerprint density at radius 2 is 2.24 bits per heavy atom. The maximum absolute atomic E-state index is 10.9. The lowest BCUT2D eigenvalue weighted by atomic mass is 10.1. The topological polar surface area (TPSA) is 89.7 Å². The van der Waals surface area contributed by atoms with Gasteiger partial charge in [-0.1, -0.05) is 13.0 Å². The zero-order chi connectivity index (χ0) is 13.0. The maximum Gasteiger partial charge on any atom is 0.342 e. The summed E-state index contributed by atoms with van der Waals surface area (Å²) in [5.41, 5.74) is -0.865. The Labute approximate surface area is 98.0 Å². The van der Waals surface area contributed by atoms with Gasteiger partial charge in [-0.05, 0) is 25.5 Å². The number of hydrogen-bond acceptors (Lipinski definition) is 4. The summed E-state index contributed by atoms with van der Waals surface area (Å²) in [5.74, 6) is -1.35. The van der Waals surface area contributed by atoms with Crippen LogP contribution in [0.25, 0.3) is 0 Å². The molecule has 1 N–H and O–H groups in total. The summed E-state index contributed by atoms with van der Waals surface area (Å²) in [4.78, 5) is 21.0. The van der Waals surface area contributed by atoms with Gasteiger partial charge in [0.15, 0.2) is 5.75 Å². The van der Waals surface area contributed by atoms with E-state index in [1.165, 1.54) is 18.2 Å². The zero-order valence-electron chi connectivity index (χ0n) is 9.54. The van der Waals surface area contributed by atoms with Crippen LogP contribution >= 0.6 is 0 Å². The predicted octanol–water partition coefficient (Wildman–Crippen LogP) is 2.47. The fourth-order valence-electron chi connectivity index (χ4n) is 1.28. The molecular formula is C11H13NO5. The molecule has 1 atom stereocenters. The lowest BCUT2D eigenvalue weighted by Gasteiger charge is -2.13. The van der Waals surface area contributed by atoms with Crippen LogP contribution < -0.4 is 4.74 Å². The molecule has 0 saturated heterocycles. The Kier molecular flexibility index (Phi) is 4.03. The predicted molar refractivity (Wildman–Crippen MR) is 60.4 cm³/mol. The summed E-state index contributed by atoms with van der Waals surface area (Å²) < 4.78 is 5.34. The van der Waals surface area contributed by atoms with E-state index < -0.39 is 16.6 Å². The first kappa shape index (κ1) is 13.0. The number of carboxylic acids is 1. The molecule has 92 valence electrons. The third kappa shape index (κ3) is 2.93. The summed E-state index contributed by atoms with van der Waals surface area (Å²) in [6, 6.07) is 4.01. The molecule has 0 radical (unpaired) electrons. The third-order valence-electron chi connectivity index (χ3n) is 2.32. The van der Waals surface area contributed by atoms with Gasteiger partial charge in [0.1, 0.15) is 5.56 Å². The van der Waals surface area contributed by atoms with E-state index >= 15 is 0 Å². The first-order chi connectivity index (χ1) is 7.97. The molecule has 0 heterocycles. The molecule has 0 aliphatic heterocycles. The Morgan fingerprint density at radius 1 is 1.59 bits per heavy atom. The molecule has 0 aliphatic carbocycles. The number of nitro benzene ring substituents is 1. The number of carbonyl (C=O) groups is 1. The van der Waals surface area contributed by atoms with Crippen LogP contribution in [0.2, 0.25) is 0 Å². The molecule has 0 amide bonds. The fraction of sp³-hybridized carbons (Fsp3) is 0.364. The highest BCUT2D eigenvalue weighted by Gasteiger charge is 2.25. The minimum Gasteiger partial charge on any atom is -0.484 e. The standard InChI is InChI=1S/C11H13NO5/c1-3-7(2)17-9-6-4-5-8(11(13)14)10(9)12(15)16/h4-7H,3H2,1-2H3,(H,13,14). The van der Waals surface area contributed by atoms with Crippen molar-refractivity contribution in [2.45, 2.75) is 26.4 Å². The number of para-hydroxylation sites is 1. The largest absolute Gasteiger partial charge is 0.484 e. The molecule has 1 aromatic carbocycles. The quantitative estimate of drug-likeness (QED) is 0.629. The van der Waals surface area contributed by atoms with Crippen molar-refractivity contribution in [1.82, 2.24) is 0 Å². The number of benzene rings is 1. The molecule has 6 nitrogen and oxygen atoms in total. The van der Waals surface area contributed by atoms with Crippen molar-refractivity contribution in [3.8, 4) is 5.75 Å². The van der Waals surface area contributed by atoms with Crippen LogP contribution in [0.1, 0.15) is 30.6 Å². The molecule has 17 heavy (non-hydrogen) atoms. The van der Waals surface area contributed by atoms with E-state index in [1.54, 1.807) is 6.92 Å². The van der Waals surface area contributed by atoms with Crippen LogP contribution in [-0.4, -0.2) is 22.1 Å². The number of rotatable bonds is 5. The average molecular weight is 239 g/mol. The second-order valence-electron chi connectivity index (χ2n) is 3.55. The van der Waals surface area contributed by atoms with Gasteiger partial charge in [-0.2, -0.15) is 0 Å². The van der Waals surface area contributed by atoms with Crippen LogP contribution in [0, 0.1) is 10.1 Å². The fourth-order valence-corrected chi connectivity index (χ4v) is 1.28. The Hall–Kier alpha value is -2.11. The maximum atomic E-state index is 10.9. The molecule has 1 rings (SSSR count). The van der Waals surface area contributed by atoms with Crippen molar-refractivity contribution in [2.75, 3.05) is 0 Å². The van der Waals surface area contributed by atoms with Crippen molar-refractivity contribution in [3.05, 3.63) is 33.9 Å². The number of ether oxygens (including phenoxy) is 1. The van der Waals surface area contributed by atoms with Crippen LogP contribution in [0.4, 0.5) is 5.69 Å². The Balaban J connectivity index is 3.25. The Morgan fingerprint density at radius 3 is 2.71 bits per heavy atom.